The third kappa shape index (κ3) is 5.69. The van der Waals surface area contributed by atoms with E-state index in [1.165, 1.54) is 0 Å². The molecular formula is C14H21N3O3. The molecule has 0 aliphatic rings. The van der Waals surface area contributed by atoms with Gasteiger partial charge in [0.25, 0.3) is 0 Å². The minimum absolute atomic E-state index is 0.172. The van der Waals surface area contributed by atoms with Crippen LogP contribution in [-0.2, 0) is 4.79 Å². The lowest BCUT2D eigenvalue weighted by Gasteiger charge is -2.14. The Labute approximate surface area is 118 Å². The SMILES string of the molecule is CC(CCCNC(=O)NC(C)c1ccccn1)C(=O)O. The zero-order valence-corrected chi connectivity index (χ0v) is 11.8. The Morgan fingerprint density at radius 3 is 2.70 bits per heavy atom. The first-order chi connectivity index (χ1) is 9.50. The van der Waals surface area contributed by atoms with Crippen LogP contribution in [0.3, 0.4) is 0 Å². The van der Waals surface area contributed by atoms with Crippen molar-refractivity contribution in [2.45, 2.75) is 32.7 Å². The summed E-state index contributed by atoms with van der Waals surface area (Å²) in [7, 11) is 0. The van der Waals surface area contributed by atoms with E-state index in [0.717, 1.165) is 5.69 Å². The van der Waals surface area contributed by atoms with Gasteiger partial charge in [0.05, 0.1) is 17.7 Å². The van der Waals surface area contributed by atoms with Crippen molar-refractivity contribution >= 4 is 12.0 Å². The Morgan fingerprint density at radius 2 is 2.10 bits per heavy atom. The van der Waals surface area contributed by atoms with Gasteiger partial charge in [-0.15, -0.1) is 0 Å². The number of pyridine rings is 1. The van der Waals surface area contributed by atoms with Crippen LogP contribution in [0.1, 0.15) is 38.4 Å². The minimum Gasteiger partial charge on any atom is -0.481 e. The third-order valence-corrected chi connectivity index (χ3v) is 3.00. The molecule has 2 atom stereocenters. The fourth-order valence-electron chi connectivity index (χ4n) is 1.69. The maximum absolute atomic E-state index is 11.6. The van der Waals surface area contributed by atoms with Crippen LogP contribution in [0.15, 0.2) is 24.4 Å². The second-order valence-corrected chi connectivity index (χ2v) is 4.76. The predicted molar refractivity (Wildman–Crippen MR) is 75.2 cm³/mol. The summed E-state index contributed by atoms with van der Waals surface area (Å²) < 4.78 is 0. The molecule has 1 aromatic rings. The lowest BCUT2D eigenvalue weighted by atomic mass is 10.1. The van der Waals surface area contributed by atoms with Crippen LogP contribution in [0, 0.1) is 5.92 Å². The monoisotopic (exact) mass is 279 g/mol. The Balaban J connectivity index is 2.22. The van der Waals surface area contributed by atoms with Crippen LogP contribution in [0.4, 0.5) is 4.79 Å². The maximum atomic E-state index is 11.6. The molecule has 1 heterocycles. The highest BCUT2D eigenvalue weighted by atomic mass is 16.4. The van der Waals surface area contributed by atoms with E-state index in [2.05, 4.69) is 15.6 Å². The van der Waals surface area contributed by atoms with Gasteiger partial charge in [0, 0.05) is 12.7 Å². The molecular weight excluding hydrogens is 258 g/mol. The van der Waals surface area contributed by atoms with Crippen molar-refractivity contribution in [1.29, 1.82) is 0 Å². The normalized spacial score (nSPS) is 13.3. The number of aliphatic carboxylic acids is 1. The van der Waals surface area contributed by atoms with Crippen molar-refractivity contribution in [2.24, 2.45) is 5.92 Å². The van der Waals surface area contributed by atoms with Gasteiger partial charge < -0.3 is 15.7 Å². The first kappa shape index (κ1) is 15.9. The molecule has 6 nitrogen and oxygen atoms in total. The standard InChI is InChI=1S/C14H21N3O3/c1-10(13(18)19)6-5-9-16-14(20)17-11(2)12-7-3-4-8-15-12/h3-4,7-8,10-11H,5-6,9H2,1-2H3,(H,18,19)(H2,16,17,20). The number of rotatable bonds is 7. The number of amides is 2. The Bertz CT molecular complexity index is 437. The van der Waals surface area contributed by atoms with Crippen LogP contribution in [0.2, 0.25) is 0 Å². The maximum Gasteiger partial charge on any atom is 0.315 e. The fraction of sp³-hybridized carbons (Fsp3) is 0.500. The summed E-state index contributed by atoms with van der Waals surface area (Å²) in [5, 5.41) is 14.2. The van der Waals surface area contributed by atoms with Gasteiger partial charge in [-0.25, -0.2) is 4.79 Å². The van der Waals surface area contributed by atoms with Crippen LogP contribution >= 0.6 is 0 Å². The Hall–Kier alpha value is -2.11. The van der Waals surface area contributed by atoms with E-state index in [9.17, 15) is 9.59 Å². The highest BCUT2D eigenvalue weighted by Gasteiger charge is 2.11. The topological polar surface area (TPSA) is 91.3 Å². The second-order valence-electron chi connectivity index (χ2n) is 4.76. The summed E-state index contributed by atoms with van der Waals surface area (Å²) in [6, 6.07) is 5.09. The second kappa shape index (κ2) is 8.14. The number of carbonyl (C=O) groups is 2. The molecule has 0 bridgehead atoms. The fourth-order valence-corrected chi connectivity index (χ4v) is 1.69. The average Bonchev–Trinajstić information content (AvgIpc) is 2.44. The Morgan fingerprint density at radius 1 is 1.35 bits per heavy atom. The average molecular weight is 279 g/mol. The number of nitrogens with one attached hydrogen (secondary N) is 2. The number of hydrogen-bond acceptors (Lipinski definition) is 3. The van der Waals surface area contributed by atoms with E-state index in [4.69, 9.17) is 5.11 Å². The predicted octanol–water partition coefficient (Wildman–Crippen LogP) is 1.94. The zero-order chi connectivity index (χ0) is 15.0. The molecule has 1 rings (SSSR count). The lowest BCUT2D eigenvalue weighted by molar-refractivity contribution is -0.141. The van der Waals surface area contributed by atoms with Crippen molar-refractivity contribution in [1.82, 2.24) is 15.6 Å². The van der Waals surface area contributed by atoms with Crippen molar-refractivity contribution in [3.8, 4) is 0 Å². The summed E-state index contributed by atoms with van der Waals surface area (Å²) >= 11 is 0. The molecule has 0 saturated heterocycles. The summed E-state index contributed by atoms with van der Waals surface area (Å²) in [5.41, 5.74) is 0.794. The molecule has 0 saturated carbocycles. The van der Waals surface area contributed by atoms with E-state index >= 15 is 0 Å². The number of nitrogens with zero attached hydrogens (tertiary/aromatic N) is 1. The molecule has 2 unspecified atom stereocenters. The van der Waals surface area contributed by atoms with Gasteiger partial charge in [0.15, 0.2) is 0 Å². The number of carbonyl (C=O) groups excluding carboxylic acids is 1. The molecule has 3 N–H and O–H groups in total. The first-order valence-corrected chi connectivity index (χ1v) is 6.68. The largest absolute Gasteiger partial charge is 0.481 e. The van der Waals surface area contributed by atoms with E-state index in [0.29, 0.717) is 19.4 Å². The zero-order valence-electron chi connectivity index (χ0n) is 11.8. The van der Waals surface area contributed by atoms with Crippen LogP contribution < -0.4 is 10.6 Å². The van der Waals surface area contributed by atoms with E-state index in [1.54, 1.807) is 13.1 Å². The summed E-state index contributed by atoms with van der Waals surface area (Å²) in [6.07, 6.45) is 2.86. The molecule has 1 aromatic heterocycles. The quantitative estimate of drug-likeness (QED) is 0.665. The van der Waals surface area contributed by atoms with E-state index in [-0.39, 0.29) is 18.0 Å². The van der Waals surface area contributed by atoms with Crippen LogP contribution in [-0.4, -0.2) is 28.6 Å². The molecule has 0 fully saturated rings. The van der Waals surface area contributed by atoms with Crippen LogP contribution in [0.5, 0.6) is 0 Å². The number of hydrogen-bond donors (Lipinski definition) is 3. The third-order valence-electron chi connectivity index (χ3n) is 3.00. The lowest BCUT2D eigenvalue weighted by Crippen LogP contribution is -2.37. The molecule has 2 amide bonds. The van der Waals surface area contributed by atoms with Gasteiger partial charge in [-0.05, 0) is 31.9 Å². The first-order valence-electron chi connectivity index (χ1n) is 6.68. The van der Waals surface area contributed by atoms with Crippen molar-refractivity contribution < 1.29 is 14.7 Å². The highest BCUT2D eigenvalue weighted by Crippen LogP contribution is 2.07. The van der Waals surface area contributed by atoms with Gasteiger partial charge in [-0.1, -0.05) is 13.0 Å². The number of carboxylic acid groups (broad SMARTS) is 1. The Kier molecular flexibility index (Phi) is 6.49. The van der Waals surface area contributed by atoms with E-state index < -0.39 is 5.97 Å². The van der Waals surface area contributed by atoms with Gasteiger partial charge >= 0.3 is 12.0 Å². The molecule has 0 aromatic carbocycles. The smallest absolute Gasteiger partial charge is 0.315 e. The summed E-state index contributed by atoms with van der Waals surface area (Å²) in [5.74, 6) is -1.19. The minimum atomic E-state index is -0.807. The molecule has 0 radical (unpaired) electrons. The summed E-state index contributed by atoms with van der Waals surface area (Å²) in [4.78, 5) is 26.4. The van der Waals surface area contributed by atoms with Gasteiger partial charge in [0.1, 0.15) is 0 Å². The summed E-state index contributed by atoms with van der Waals surface area (Å²) in [6.45, 7) is 3.97. The molecule has 0 spiro atoms. The van der Waals surface area contributed by atoms with E-state index in [1.807, 2.05) is 25.1 Å². The molecule has 20 heavy (non-hydrogen) atoms. The molecule has 6 heteroatoms. The highest BCUT2D eigenvalue weighted by molar-refractivity contribution is 5.74. The van der Waals surface area contributed by atoms with Gasteiger partial charge in [-0.2, -0.15) is 0 Å². The van der Waals surface area contributed by atoms with Crippen LogP contribution in [0.25, 0.3) is 0 Å². The number of aromatic nitrogens is 1. The van der Waals surface area contributed by atoms with Crippen molar-refractivity contribution in [2.75, 3.05) is 6.54 Å². The molecule has 0 aliphatic heterocycles. The van der Waals surface area contributed by atoms with Gasteiger partial charge in [-0.3, -0.25) is 9.78 Å². The van der Waals surface area contributed by atoms with Crippen molar-refractivity contribution in [3.05, 3.63) is 30.1 Å². The van der Waals surface area contributed by atoms with Gasteiger partial charge in [0.2, 0.25) is 0 Å². The molecule has 0 aliphatic carbocycles. The number of carboxylic acids is 1. The van der Waals surface area contributed by atoms with Crippen molar-refractivity contribution in [3.63, 3.8) is 0 Å². The molecule has 110 valence electrons. The number of urea groups is 1.